The number of piperidine rings is 1. The zero-order chi connectivity index (χ0) is 14.3. The lowest BCUT2D eigenvalue weighted by Crippen LogP contribution is -2.52. The van der Waals surface area contributed by atoms with Crippen LogP contribution in [0.2, 0.25) is 0 Å². The summed E-state index contributed by atoms with van der Waals surface area (Å²) in [6.45, 7) is 0. The Bertz CT molecular complexity index is 570. The molecule has 108 valence electrons. The highest BCUT2D eigenvalue weighted by Crippen LogP contribution is 2.45. The van der Waals surface area contributed by atoms with Crippen LogP contribution in [0.1, 0.15) is 30.4 Å². The van der Waals surface area contributed by atoms with Crippen molar-refractivity contribution in [3.8, 4) is 0 Å². The fraction of sp³-hybridized carbons (Fsp3) is 0.368. The van der Waals surface area contributed by atoms with E-state index < -0.39 is 5.60 Å². The van der Waals surface area contributed by atoms with Crippen LogP contribution in [-0.2, 0) is 5.60 Å². The number of hydrogen-bond donors (Lipinski definition) is 2. The smallest absolute Gasteiger partial charge is 0.130 e. The average Bonchev–Trinajstić information content (AvgIpc) is 3.19. The molecule has 0 aromatic heterocycles. The summed E-state index contributed by atoms with van der Waals surface area (Å²) in [7, 11) is 0. The van der Waals surface area contributed by atoms with Gasteiger partial charge in [0.15, 0.2) is 0 Å². The van der Waals surface area contributed by atoms with E-state index in [1.807, 2.05) is 60.7 Å². The Morgan fingerprint density at radius 1 is 0.857 bits per heavy atom. The minimum Gasteiger partial charge on any atom is -0.379 e. The molecule has 2 nitrogen and oxygen atoms in total. The normalized spacial score (nSPS) is 28.0. The number of rotatable bonds is 3. The van der Waals surface area contributed by atoms with Crippen molar-refractivity contribution in [1.29, 1.82) is 0 Å². The van der Waals surface area contributed by atoms with Gasteiger partial charge in [0.05, 0.1) is 0 Å². The molecule has 1 saturated carbocycles. The highest BCUT2D eigenvalue weighted by Gasteiger charge is 2.51. The van der Waals surface area contributed by atoms with Crippen LogP contribution >= 0.6 is 0 Å². The Morgan fingerprint density at radius 3 is 1.86 bits per heavy atom. The number of fused-ring (bicyclic) bond motifs is 2. The van der Waals surface area contributed by atoms with Gasteiger partial charge in [-0.25, -0.2) is 0 Å². The summed E-state index contributed by atoms with van der Waals surface area (Å²) in [6.07, 6.45) is 3.68. The van der Waals surface area contributed by atoms with Gasteiger partial charge in [-0.3, -0.25) is 0 Å². The molecule has 4 rings (SSSR count). The van der Waals surface area contributed by atoms with E-state index in [4.69, 9.17) is 0 Å². The van der Waals surface area contributed by atoms with Gasteiger partial charge in [0.2, 0.25) is 0 Å². The first-order chi connectivity index (χ1) is 10.3. The van der Waals surface area contributed by atoms with E-state index in [1.54, 1.807) is 0 Å². The molecule has 2 heteroatoms. The molecule has 1 saturated heterocycles. The van der Waals surface area contributed by atoms with Gasteiger partial charge in [0.1, 0.15) is 5.60 Å². The Labute approximate surface area is 125 Å². The predicted octanol–water partition coefficient (Wildman–Crippen LogP) is 3.06. The van der Waals surface area contributed by atoms with Crippen molar-refractivity contribution in [3.63, 3.8) is 0 Å². The second kappa shape index (κ2) is 4.97. The lowest BCUT2D eigenvalue weighted by molar-refractivity contribution is 0.0202. The lowest BCUT2D eigenvalue weighted by atomic mass is 9.75. The van der Waals surface area contributed by atoms with Crippen LogP contribution in [0.25, 0.3) is 0 Å². The molecule has 0 spiro atoms. The fourth-order valence-electron chi connectivity index (χ4n) is 4.23. The summed E-state index contributed by atoms with van der Waals surface area (Å²) in [4.78, 5) is 0. The van der Waals surface area contributed by atoms with Gasteiger partial charge in [-0.15, -0.1) is 0 Å². The van der Waals surface area contributed by atoms with Gasteiger partial charge in [0, 0.05) is 12.1 Å². The molecule has 2 N–H and O–H groups in total. The molecular weight excluding hydrogens is 258 g/mol. The van der Waals surface area contributed by atoms with Crippen molar-refractivity contribution in [1.82, 2.24) is 5.32 Å². The Kier molecular flexibility index (Phi) is 3.09. The van der Waals surface area contributed by atoms with E-state index in [0.717, 1.165) is 11.1 Å². The van der Waals surface area contributed by atoms with Crippen LogP contribution < -0.4 is 5.32 Å². The highest BCUT2D eigenvalue weighted by atomic mass is 16.3. The van der Waals surface area contributed by atoms with E-state index in [9.17, 15) is 5.11 Å². The van der Waals surface area contributed by atoms with Crippen molar-refractivity contribution in [2.24, 2.45) is 5.92 Å². The molecule has 0 unspecified atom stereocenters. The van der Waals surface area contributed by atoms with Crippen LogP contribution in [0.3, 0.4) is 0 Å². The number of aliphatic hydroxyl groups is 1. The van der Waals surface area contributed by atoms with E-state index in [2.05, 4.69) is 5.32 Å². The number of hydrogen-bond acceptors (Lipinski definition) is 2. The van der Waals surface area contributed by atoms with E-state index >= 15 is 0 Å². The summed E-state index contributed by atoms with van der Waals surface area (Å²) >= 11 is 0. The molecule has 2 aromatic rings. The van der Waals surface area contributed by atoms with Crippen molar-refractivity contribution in [2.45, 2.75) is 36.9 Å². The molecule has 2 fully saturated rings. The minimum atomic E-state index is -0.942. The van der Waals surface area contributed by atoms with Crippen molar-refractivity contribution >= 4 is 0 Å². The predicted molar refractivity (Wildman–Crippen MR) is 83.9 cm³/mol. The molecule has 0 amide bonds. The summed E-state index contributed by atoms with van der Waals surface area (Å²) in [6, 6.07) is 20.9. The van der Waals surface area contributed by atoms with E-state index in [0.29, 0.717) is 12.0 Å². The van der Waals surface area contributed by atoms with Crippen LogP contribution in [0.5, 0.6) is 0 Å². The third-order valence-corrected chi connectivity index (χ3v) is 5.24. The molecule has 1 aliphatic carbocycles. The average molecular weight is 279 g/mol. The maximum Gasteiger partial charge on any atom is 0.130 e. The van der Waals surface area contributed by atoms with Gasteiger partial charge in [-0.05, 0) is 36.3 Å². The molecular formula is C19H21NO. The summed E-state index contributed by atoms with van der Waals surface area (Å²) in [5.74, 6) is 0.570. The van der Waals surface area contributed by atoms with Crippen molar-refractivity contribution in [3.05, 3.63) is 71.8 Å². The quantitative estimate of drug-likeness (QED) is 0.905. The van der Waals surface area contributed by atoms with E-state index in [-0.39, 0.29) is 6.04 Å². The molecule has 1 heterocycles. The highest BCUT2D eigenvalue weighted by molar-refractivity contribution is 5.39. The molecule has 0 radical (unpaired) electrons. The number of nitrogens with one attached hydrogen (secondary N) is 1. The molecule has 21 heavy (non-hydrogen) atoms. The van der Waals surface area contributed by atoms with Crippen LogP contribution in [-0.4, -0.2) is 17.2 Å². The number of benzene rings is 2. The van der Waals surface area contributed by atoms with Crippen LogP contribution in [0.4, 0.5) is 0 Å². The monoisotopic (exact) mass is 279 g/mol. The lowest BCUT2D eigenvalue weighted by Gasteiger charge is -2.40. The zero-order valence-corrected chi connectivity index (χ0v) is 12.1. The van der Waals surface area contributed by atoms with Crippen LogP contribution in [0, 0.1) is 5.92 Å². The minimum absolute atomic E-state index is 0.112. The summed E-state index contributed by atoms with van der Waals surface area (Å²) < 4.78 is 0. The molecule has 3 atom stereocenters. The molecule has 2 aliphatic rings. The second-order valence-electron chi connectivity index (χ2n) is 6.41. The van der Waals surface area contributed by atoms with Gasteiger partial charge in [-0.2, -0.15) is 0 Å². The first-order valence-electron chi connectivity index (χ1n) is 7.88. The zero-order valence-electron chi connectivity index (χ0n) is 12.1. The largest absolute Gasteiger partial charge is 0.379 e. The first-order valence-corrected chi connectivity index (χ1v) is 7.88. The Balaban J connectivity index is 1.83. The third-order valence-electron chi connectivity index (χ3n) is 5.24. The Morgan fingerprint density at radius 2 is 1.43 bits per heavy atom. The van der Waals surface area contributed by atoms with Gasteiger partial charge >= 0.3 is 0 Å². The van der Waals surface area contributed by atoms with Gasteiger partial charge in [-0.1, -0.05) is 60.7 Å². The van der Waals surface area contributed by atoms with E-state index in [1.165, 1.54) is 19.3 Å². The fourth-order valence-corrected chi connectivity index (χ4v) is 4.23. The van der Waals surface area contributed by atoms with Crippen molar-refractivity contribution in [2.75, 3.05) is 0 Å². The third kappa shape index (κ3) is 2.02. The molecule has 2 bridgehead atoms. The first kappa shape index (κ1) is 13.1. The standard InChI is InChI=1S/C19H21NO/c21-19(15-7-3-1-4-8-15,16-9-5-2-6-10-16)18-14-11-12-17(13-14)20-18/h1-10,14,17-18,20-21H,11-13H2/t14-,17+,18-/m1/s1. The SMILES string of the molecule is OC(c1ccccc1)(c1ccccc1)[C@@H]1N[C@H]2CC[C@@H]1C2. The maximum absolute atomic E-state index is 11.7. The summed E-state index contributed by atoms with van der Waals surface area (Å²) in [5, 5.41) is 15.4. The van der Waals surface area contributed by atoms with Crippen LogP contribution in [0.15, 0.2) is 60.7 Å². The Hall–Kier alpha value is -1.64. The topological polar surface area (TPSA) is 32.3 Å². The molecule has 2 aromatic carbocycles. The molecule has 1 aliphatic heterocycles. The second-order valence-corrected chi connectivity index (χ2v) is 6.41. The van der Waals surface area contributed by atoms with Gasteiger partial charge < -0.3 is 10.4 Å². The summed E-state index contributed by atoms with van der Waals surface area (Å²) in [5.41, 5.74) is 1.03. The van der Waals surface area contributed by atoms with Crippen molar-refractivity contribution < 1.29 is 5.11 Å². The van der Waals surface area contributed by atoms with Gasteiger partial charge in [0.25, 0.3) is 0 Å². The maximum atomic E-state index is 11.7.